The van der Waals surface area contributed by atoms with E-state index in [9.17, 15) is 15.3 Å². The van der Waals surface area contributed by atoms with E-state index < -0.39 is 6.10 Å². The zero-order valence-corrected chi connectivity index (χ0v) is 15.0. The summed E-state index contributed by atoms with van der Waals surface area (Å²) in [5, 5.41) is 30.8. The lowest BCUT2D eigenvalue weighted by Gasteiger charge is -2.40. The predicted octanol–water partition coefficient (Wildman–Crippen LogP) is 3.20. The van der Waals surface area contributed by atoms with Crippen LogP contribution in [0.2, 0.25) is 0 Å². The highest BCUT2D eigenvalue weighted by molar-refractivity contribution is 5.44. The highest BCUT2D eigenvalue weighted by Gasteiger charge is 2.52. The molecule has 23 heavy (non-hydrogen) atoms. The summed E-state index contributed by atoms with van der Waals surface area (Å²) in [5.74, 6) is 1.04. The molecule has 0 aliphatic heterocycles. The van der Waals surface area contributed by atoms with Crippen LogP contribution in [0.15, 0.2) is 22.8 Å². The maximum Gasteiger partial charge on any atom is 0.0778 e. The normalized spacial score (nSPS) is 44.0. The molecule has 0 amide bonds. The van der Waals surface area contributed by atoms with Crippen LogP contribution < -0.4 is 0 Å². The SMILES string of the molecule is CC(C)[C@H]1C[C@H](O)C2=CC3=C(CO)[C@H](O)CC[C@@]3(C)CC[C@@]21C. The van der Waals surface area contributed by atoms with Gasteiger partial charge in [0, 0.05) is 0 Å². The lowest BCUT2D eigenvalue weighted by molar-refractivity contribution is 0.123. The van der Waals surface area contributed by atoms with Gasteiger partial charge in [0.25, 0.3) is 0 Å². The van der Waals surface area contributed by atoms with E-state index in [-0.39, 0.29) is 23.5 Å². The van der Waals surface area contributed by atoms with Gasteiger partial charge in [-0.25, -0.2) is 0 Å². The van der Waals surface area contributed by atoms with Crippen LogP contribution in [-0.4, -0.2) is 34.1 Å². The standard InChI is InChI=1S/C20H32O3/c1-12(2)14-10-18(23)16-9-15-13(11-21)17(22)5-6-19(15,3)7-8-20(14,16)4/h9,12,14,17-18,21-23H,5-8,10-11H2,1-4H3/t14-,17-,18+,19+,20-/m1/s1. The molecule has 3 rings (SSSR count). The van der Waals surface area contributed by atoms with Crippen molar-refractivity contribution in [2.75, 3.05) is 6.61 Å². The molecule has 0 aromatic heterocycles. The van der Waals surface area contributed by atoms with Crippen molar-refractivity contribution in [2.45, 2.75) is 72.0 Å². The van der Waals surface area contributed by atoms with Gasteiger partial charge in [-0.05, 0) is 71.5 Å². The molecule has 3 aliphatic carbocycles. The molecule has 1 saturated carbocycles. The minimum absolute atomic E-state index is 0.0128. The second-order valence-electron chi connectivity index (χ2n) is 8.83. The summed E-state index contributed by atoms with van der Waals surface area (Å²) in [6, 6.07) is 0. The van der Waals surface area contributed by atoms with Gasteiger partial charge in [-0.1, -0.05) is 33.8 Å². The van der Waals surface area contributed by atoms with Crippen molar-refractivity contribution in [3.63, 3.8) is 0 Å². The van der Waals surface area contributed by atoms with Crippen LogP contribution >= 0.6 is 0 Å². The van der Waals surface area contributed by atoms with Crippen molar-refractivity contribution < 1.29 is 15.3 Å². The lowest BCUT2D eigenvalue weighted by atomic mass is 9.66. The fourth-order valence-corrected chi connectivity index (χ4v) is 5.56. The van der Waals surface area contributed by atoms with Gasteiger partial charge in [-0.3, -0.25) is 0 Å². The van der Waals surface area contributed by atoms with Crippen LogP contribution in [0.3, 0.4) is 0 Å². The summed E-state index contributed by atoms with van der Waals surface area (Å²) in [7, 11) is 0. The van der Waals surface area contributed by atoms with Crippen LogP contribution in [0.1, 0.15) is 59.8 Å². The largest absolute Gasteiger partial charge is 0.392 e. The van der Waals surface area contributed by atoms with Gasteiger partial charge in [0.2, 0.25) is 0 Å². The van der Waals surface area contributed by atoms with Gasteiger partial charge >= 0.3 is 0 Å². The molecule has 0 saturated heterocycles. The third-order valence-corrected chi connectivity index (χ3v) is 7.15. The molecule has 0 radical (unpaired) electrons. The first-order valence-corrected chi connectivity index (χ1v) is 9.15. The second-order valence-corrected chi connectivity index (χ2v) is 8.83. The van der Waals surface area contributed by atoms with E-state index in [2.05, 4.69) is 33.8 Å². The summed E-state index contributed by atoms with van der Waals surface area (Å²) in [6.45, 7) is 9.01. The van der Waals surface area contributed by atoms with Gasteiger partial charge < -0.3 is 15.3 Å². The number of allylic oxidation sites excluding steroid dienone is 2. The molecule has 0 aromatic carbocycles. The Balaban J connectivity index is 2.15. The molecule has 0 unspecified atom stereocenters. The molecule has 3 aliphatic rings. The zero-order valence-electron chi connectivity index (χ0n) is 15.0. The molecule has 3 nitrogen and oxygen atoms in total. The molecule has 0 spiro atoms. The predicted molar refractivity (Wildman–Crippen MR) is 91.8 cm³/mol. The maximum absolute atomic E-state index is 10.7. The monoisotopic (exact) mass is 320 g/mol. The Morgan fingerprint density at radius 1 is 1.13 bits per heavy atom. The average Bonchev–Trinajstić information content (AvgIpc) is 2.67. The van der Waals surface area contributed by atoms with Crippen molar-refractivity contribution in [3.05, 3.63) is 22.8 Å². The summed E-state index contributed by atoms with van der Waals surface area (Å²) in [5.41, 5.74) is 3.05. The highest BCUT2D eigenvalue weighted by atomic mass is 16.3. The minimum atomic E-state index is -0.538. The van der Waals surface area contributed by atoms with Gasteiger partial charge in [0.05, 0.1) is 18.8 Å². The van der Waals surface area contributed by atoms with Gasteiger partial charge in [0.15, 0.2) is 0 Å². The van der Waals surface area contributed by atoms with Crippen molar-refractivity contribution >= 4 is 0 Å². The third-order valence-electron chi connectivity index (χ3n) is 7.15. The van der Waals surface area contributed by atoms with E-state index >= 15 is 0 Å². The molecule has 130 valence electrons. The molecule has 1 fully saturated rings. The number of hydrogen-bond acceptors (Lipinski definition) is 3. The summed E-state index contributed by atoms with van der Waals surface area (Å²) < 4.78 is 0. The Bertz CT molecular complexity index is 547. The van der Waals surface area contributed by atoms with E-state index in [1.807, 2.05) is 0 Å². The average molecular weight is 320 g/mol. The molecule has 5 atom stereocenters. The summed E-state index contributed by atoms with van der Waals surface area (Å²) in [4.78, 5) is 0. The Labute approximate surface area is 140 Å². The lowest BCUT2D eigenvalue weighted by Crippen LogP contribution is -2.32. The molecule has 3 heteroatoms. The van der Waals surface area contributed by atoms with Crippen LogP contribution in [0.25, 0.3) is 0 Å². The third kappa shape index (κ3) is 2.52. The van der Waals surface area contributed by atoms with E-state index in [1.54, 1.807) is 0 Å². The first-order chi connectivity index (χ1) is 10.7. The molecule has 0 heterocycles. The van der Waals surface area contributed by atoms with Crippen molar-refractivity contribution in [1.82, 2.24) is 0 Å². The van der Waals surface area contributed by atoms with Gasteiger partial charge in [0.1, 0.15) is 0 Å². The fraction of sp³-hybridized carbons (Fsp3) is 0.800. The number of rotatable bonds is 2. The topological polar surface area (TPSA) is 60.7 Å². The van der Waals surface area contributed by atoms with Crippen molar-refractivity contribution in [3.8, 4) is 0 Å². The molecular weight excluding hydrogens is 288 g/mol. The Hall–Kier alpha value is -0.640. The zero-order chi connectivity index (χ0) is 17.0. The molecular formula is C20H32O3. The van der Waals surface area contributed by atoms with Crippen LogP contribution in [0.5, 0.6) is 0 Å². The van der Waals surface area contributed by atoms with E-state index in [0.717, 1.165) is 48.8 Å². The van der Waals surface area contributed by atoms with Crippen LogP contribution in [0, 0.1) is 22.7 Å². The van der Waals surface area contributed by atoms with Gasteiger partial charge in [-0.15, -0.1) is 0 Å². The minimum Gasteiger partial charge on any atom is -0.392 e. The Morgan fingerprint density at radius 3 is 2.43 bits per heavy atom. The number of fused-ring (bicyclic) bond motifs is 2. The first-order valence-electron chi connectivity index (χ1n) is 9.15. The highest BCUT2D eigenvalue weighted by Crippen LogP contribution is 2.59. The van der Waals surface area contributed by atoms with E-state index in [4.69, 9.17) is 0 Å². The fourth-order valence-electron chi connectivity index (χ4n) is 5.56. The quantitative estimate of drug-likeness (QED) is 0.732. The molecule has 0 bridgehead atoms. The van der Waals surface area contributed by atoms with Crippen LogP contribution in [-0.2, 0) is 0 Å². The molecule has 3 N–H and O–H groups in total. The smallest absolute Gasteiger partial charge is 0.0778 e. The van der Waals surface area contributed by atoms with Crippen molar-refractivity contribution in [2.24, 2.45) is 22.7 Å². The van der Waals surface area contributed by atoms with E-state index in [0.29, 0.717) is 11.8 Å². The number of aliphatic hydroxyl groups is 3. The summed E-state index contributed by atoms with van der Waals surface area (Å²) in [6.07, 6.45) is 5.89. The van der Waals surface area contributed by atoms with Gasteiger partial charge in [-0.2, -0.15) is 0 Å². The molecule has 0 aromatic rings. The summed E-state index contributed by atoms with van der Waals surface area (Å²) >= 11 is 0. The van der Waals surface area contributed by atoms with E-state index in [1.165, 1.54) is 0 Å². The number of aliphatic hydroxyl groups excluding tert-OH is 3. The number of hydrogen-bond donors (Lipinski definition) is 3. The maximum atomic E-state index is 10.7. The Morgan fingerprint density at radius 2 is 1.83 bits per heavy atom. The Kier molecular flexibility index (Phi) is 4.27. The first kappa shape index (κ1) is 17.2. The second kappa shape index (κ2) is 5.72. The van der Waals surface area contributed by atoms with Crippen molar-refractivity contribution in [1.29, 1.82) is 0 Å². The van der Waals surface area contributed by atoms with Crippen LogP contribution in [0.4, 0.5) is 0 Å².